The van der Waals surface area contributed by atoms with Gasteiger partial charge in [-0.2, -0.15) is 0 Å². The van der Waals surface area contributed by atoms with E-state index >= 15 is 0 Å². The molecule has 1 unspecified atom stereocenters. The predicted octanol–water partition coefficient (Wildman–Crippen LogP) is 1.82. The van der Waals surface area contributed by atoms with Gasteiger partial charge in [0.2, 0.25) is 5.82 Å². The molecule has 0 bridgehead atoms. The van der Waals surface area contributed by atoms with Gasteiger partial charge < -0.3 is 10.1 Å². The summed E-state index contributed by atoms with van der Waals surface area (Å²) in [6.07, 6.45) is 3.67. The molecule has 0 amide bonds. The number of anilines is 1. The Morgan fingerprint density at radius 1 is 1.62 bits per heavy atom. The zero-order chi connectivity index (χ0) is 15.2. The Hall–Kier alpha value is -1.73. The quantitative estimate of drug-likeness (QED) is 0.637. The van der Waals surface area contributed by atoms with Crippen molar-refractivity contribution in [2.75, 3.05) is 38.7 Å². The van der Waals surface area contributed by atoms with Crippen LogP contribution in [0.15, 0.2) is 12.3 Å². The monoisotopic (exact) mass is 294 g/mol. The number of nitrogens with zero attached hydrogens (tertiary/aromatic N) is 3. The molecule has 1 saturated heterocycles. The van der Waals surface area contributed by atoms with E-state index in [-0.39, 0.29) is 16.7 Å². The average Bonchev–Trinajstić information content (AvgIpc) is 2.45. The van der Waals surface area contributed by atoms with E-state index in [9.17, 15) is 10.1 Å². The molecule has 2 heterocycles. The van der Waals surface area contributed by atoms with Gasteiger partial charge in [-0.3, -0.25) is 15.0 Å². The second-order valence-corrected chi connectivity index (χ2v) is 5.36. The van der Waals surface area contributed by atoms with Crippen molar-refractivity contribution in [1.82, 2.24) is 9.88 Å². The molecule has 0 aliphatic carbocycles. The number of hydrogen-bond acceptors (Lipinski definition) is 6. The van der Waals surface area contributed by atoms with E-state index < -0.39 is 0 Å². The van der Waals surface area contributed by atoms with Gasteiger partial charge in [0, 0.05) is 38.0 Å². The molecule has 1 atom stereocenters. The number of ether oxygens (including phenoxy) is 1. The summed E-state index contributed by atoms with van der Waals surface area (Å²) in [5.41, 5.74) is 0.705. The largest absolute Gasteiger partial charge is 0.383 e. The number of pyridine rings is 1. The van der Waals surface area contributed by atoms with Crippen LogP contribution in [-0.2, 0) is 4.74 Å². The molecule has 0 aromatic carbocycles. The molecule has 0 radical (unpaired) electrons. The van der Waals surface area contributed by atoms with Crippen LogP contribution in [0.3, 0.4) is 0 Å². The molecule has 0 spiro atoms. The smallest absolute Gasteiger partial charge is 0.314 e. The van der Waals surface area contributed by atoms with Gasteiger partial charge in [0.1, 0.15) is 0 Å². The molecule has 7 heteroatoms. The van der Waals surface area contributed by atoms with Crippen molar-refractivity contribution in [3.63, 3.8) is 0 Å². The second-order valence-electron chi connectivity index (χ2n) is 5.36. The van der Waals surface area contributed by atoms with E-state index in [0.717, 1.165) is 32.5 Å². The van der Waals surface area contributed by atoms with Gasteiger partial charge in [-0.05, 0) is 32.4 Å². The zero-order valence-electron chi connectivity index (χ0n) is 12.5. The van der Waals surface area contributed by atoms with Gasteiger partial charge in [0.15, 0.2) is 0 Å². The fourth-order valence-electron chi connectivity index (χ4n) is 2.68. The summed E-state index contributed by atoms with van der Waals surface area (Å²) in [6, 6.07) is 1.85. The molecule has 116 valence electrons. The number of aromatic nitrogens is 1. The zero-order valence-corrected chi connectivity index (χ0v) is 12.5. The van der Waals surface area contributed by atoms with Crippen LogP contribution in [0, 0.1) is 17.0 Å². The van der Waals surface area contributed by atoms with E-state index in [1.165, 1.54) is 0 Å². The molecule has 1 aliphatic heterocycles. The van der Waals surface area contributed by atoms with Gasteiger partial charge in [0.25, 0.3) is 0 Å². The predicted molar refractivity (Wildman–Crippen MR) is 80.6 cm³/mol. The minimum absolute atomic E-state index is 0.0755. The van der Waals surface area contributed by atoms with Crippen LogP contribution < -0.4 is 5.32 Å². The van der Waals surface area contributed by atoms with Crippen LogP contribution in [-0.4, -0.2) is 54.2 Å². The van der Waals surface area contributed by atoms with E-state index in [2.05, 4.69) is 15.2 Å². The average molecular weight is 294 g/mol. The van der Waals surface area contributed by atoms with Crippen molar-refractivity contribution >= 4 is 11.5 Å². The summed E-state index contributed by atoms with van der Waals surface area (Å²) in [7, 11) is 1.69. The molecule has 1 N–H and O–H groups in total. The van der Waals surface area contributed by atoms with Crippen molar-refractivity contribution in [3.8, 4) is 0 Å². The van der Waals surface area contributed by atoms with Gasteiger partial charge in [-0.15, -0.1) is 0 Å². The number of hydrogen-bond donors (Lipinski definition) is 1. The number of nitro groups is 1. The highest BCUT2D eigenvalue weighted by Gasteiger charge is 2.24. The fourth-order valence-corrected chi connectivity index (χ4v) is 2.68. The topological polar surface area (TPSA) is 80.5 Å². The van der Waals surface area contributed by atoms with Crippen molar-refractivity contribution in [3.05, 3.63) is 27.9 Å². The van der Waals surface area contributed by atoms with Crippen LogP contribution in [0.25, 0.3) is 0 Å². The van der Waals surface area contributed by atoms with Gasteiger partial charge in [-0.25, -0.2) is 4.98 Å². The number of methoxy groups -OCH3 is 1. The summed E-state index contributed by atoms with van der Waals surface area (Å²) in [6.45, 7) is 5.23. The number of nitrogens with one attached hydrogen (secondary N) is 1. The van der Waals surface area contributed by atoms with Crippen LogP contribution in [0.1, 0.15) is 18.4 Å². The van der Waals surface area contributed by atoms with E-state index in [1.807, 2.05) is 0 Å². The lowest BCUT2D eigenvalue weighted by atomic mass is 10.1. The first-order chi connectivity index (χ1) is 10.1. The summed E-state index contributed by atoms with van der Waals surface area (Å²) in [5, 5.41) is 14.4. The Kier molecular flexibility index (Phi) is 5.46. The molecular formula is C14H22N4O3. The maximum absolute atomic E-state index is 11.2. The normalized spacial score (nSPS) is 19.4. The number of rotatable bonds is 6. The first-order valence-corrected chi connectivity index (χ1v) is 7.19. The van der Waals surface area contributed by atoms with Crippen molar-refractivity contribution in [1.29, 1.82) is 0 Å². The van der Waals surface area contributed by atoms with Crippen LogP contribution in [0.4, 0.5) is 11.5 Å². The van der Waals surface area contributed by atoms with Crippen LogP contribution >= 0.6 is 0 Å². The van der Waals surface area contributed by atoms with Crippen molar-refractivity contribution in [2.24, 2.45) is 0 Å². The lowest BCUT2D eigenvalue weighted by molar-refractivity contribution is -0.384. The highest BCUT2D eigenvalue weighted by atomic mass is 16.6. The Labute approximate surface area is 124 Å². The van der Waals surface area contributed by atoms with Crippen LogP contribution in [0.5, 0.6) is 0 Å². The number of aryl methyl sites for hydroxylation is 1. The van der Waals surface area contributed by atoms with Gasteiger partial charge >= 0.3 is 5.69 Å². The van der Waals surface area contributed by atoms with E-state index in [4.69, 9.17) is 4.74 Å². The highest BCUT2D eigenvalue weighted by molar-refractivity contribution is 5.60. The highest BCUT2D eigenvalue weighted by Crippen LogP contribution is 2.27. The third-order valence-corrected chi connectivity index (χ3v) is 3.77. The summed E-state index contributed by atoms with van der Waals surface area (Å²) < 4.78 is 5.10. The molecular weight excluding hydrogens is 272 g/mol. The Morgan fingerprint density at radius 2 is 2.43 bits per heavy atom. The first-order valence-electron chi connectivity index (χ1n) is 7.19. The summed E-state index contributed by atoms with van der Waals surface area (Å²) in [5.74, 6) is 0.374. The number of piperidine rings is 1. The summed E-state index contributed by atoms with van der Waals surface area (Å²) >= 11 is 0. The number of likely N-dealkylation sites (tertiary alicyclic amines) is 1. The lowest BCUT2D eigenvalue weighted by Gasteiger charge is -2.33. The molecule has 1 fully saturated rings. The summed E-state index contributed by atoms with van der Waals surface area (Å²) in [4.78, 5) is 17.3. The molecule has 1 aliphatic rings. The standard InChI is InChI=1S/C14H22N4O3/c1-11-5-6-15-14(13(11)18(19)20)16-12-4-3-7-17(10-12)8-9-21-2/h5-6,12H,3-4,7-10H2,1-2H3,(H,15,16). The third-order valence-electron chi connectivity index (χ3n) is 3.77. The minimum Gasteiger partial charge on any atom is -0.383 e. The van der Waals surface area contributed by atoms with Gasteiger partial charge in [0.05, 0.1) is 11.5 Å². The molecule has 7 nitrogen and oxygen atoms in total. The molecule has 0 saturated carbocycles. The van der Waals surface area contributed by atoms with E-state index in [1.54, 1.807) is 26.3 Å². The minimum atomic E-state index is -0.365. The molecule has 2 rings (SSSR count). The first kappa shape index (κ1) is 15.7. The SMILES string of the molecule is COCCN1CCCC(Nc2nccc(C)c2[N+](=O)[O-])C1. The maximum atomic E-state index is 11.2. The maximum Gasteiger partial charge on any atom is 0.314 e. The van der Waals surface area contributed by atoms with Crippen molar-refractivity contribution < 1.29 is 9.66 Å². The van der Waals surface area contributed by atoms with Crippen molar-refractivity contribution in [2.45, 2.75) is 25.8 Å². The van der Waals surface area contributed by atoms with Gasteiger partial charge in [-0.1, -0.05) is 0 Å². The Morgan fingerprint density at radius 3 is 3.14 bits per heavy atom. The third kappa shape index (κ3) is 4.12. The fraction of sp³-hybridized carbons (Fsp3) is 0.643. The Balaban J connectivity index is 2.04. The van der Waals surface area contributed by atoms with E-state index in [0.29, 0.717) is 18.0 Å². The molecule has 1 aromatic rings. The molecule has 1 aromatic heterocycles. The lowest BCUT2D eigenvalue weighted by Crippen LogP contribution is -2.43. The Bertz CT molecular complexity index is 495. The van der Waals surface area contributed by atoms with Crippen LogP contribution in [0.2, 0.25) is 0 Å². The second kappa shape index (κ2) is 7.33. The molecule has 21 heavy (non-hydrogen) atoms.